The molecule has 2 aromatic heterocycles. The molecule has 2 heterocycles. The van der Waals surface area contributed by atoms with Gasteiger partial charge in [0.15, 0.2) is 0 Å². The summed E-state index contributed by atoms with van der Waals surface area (Å²) in [4.78, 5) is 12.9. The van der Waals surface area contributed by atoms with Crippen LogP contribution < -0.4 is 5.56 Å². The highest BCUT2D eigenvalue weighted by Crippen LogP contribution is 2.28. The molecule has 0 saturated carbocycles. The second-order valence-corrected chi connectivity index (χ2v) is 7.76. The number of halogens is 1. The van der Waals surface area contributed by atoms with Gasteiger partial charge in [-0.2, -0.15) is 5.10 Å². The largest absolute Gasteiger partial charge is 0.420 e. The molecule has 0 bridgehead atoms. The molecule has 0 aliphatic carbocycles. The average Bonchev–Trinajstić information content (AvgIpc) is 3.05. The Hall–Kier alpha value is -2.12. The summed E-state index contributed by atoms with van der Waals surface area (Å²) in [6.45, 7) is 5.69. The van der Waals surface area contributed by atoms with E-state index in [4.69, 9.17) is 16.0 Å². The van der Waals surface area contributed by atoms with Gasteiger partial charge < -0.3 is 4.42 Å². The van der Waals surface area contributed by atoms with Crippen LogP contribution in [0.1, 0.15) is 26.7 Å². The van der Waals surface area contributed by atoms with Crippen LogP contribution in [0.15, 0.2) is 50.6 Å². The Bertz CT molecular complexity index is 932. The summed E-state index contributed by atoms with van der Waals surface area (Å²) in [7, 11) is 0. The first-order valence-corrected chi connectivity index (χ1v) is 9.01. The molecule has 0 saturated heterocycles. The van der Waals surface area contributed by atoms with Gasteiger partial charge in [-0.25, -0.2) is 4.68 Å². The molecule has 0 aliphatic heterocycles. The van der Waals surface area contributed by atoms with E-state index in [0.29, 0.717) is 22.4 Å². The first-order chi connectivity index (χ1) is 11.9. The zero-order valence-electron chi connectivity index (χ0n) is 14.1. The van der Waals surface area contributed by atoms with Gasteiger partial charge in [0.1, 0.15) is 5.02 Å². The number of rotatable bonds is 4. The van der Waals surface area contributed by atoms with Crippen LogP contribution in [-0.2, 0) is 11.3 Å². The van der Waals surface area contributed by atoms with Crippen LogP contribution in [0.2, 0.25) is 5.02 Å². The molecule has 0 atom stereocenters. The van der Waals surface area contributed by atoms with E-state index in [1.54, 1.807) is 6.20 Å². The summed E-state index contributed by atoms with van der Waals surface area (Å²) >= 11 is 7.55. The van der Waals surface area contributed by atoms with E-state index >= 15 is 0 Å². The number of nitrogens with zero attached hydrogens (tertiary/aromatic N) is 4. The van der Waals surface area contributed by atoms with Crippen LogP contribution in [0, 0.1) is 0 Å². The summed E-state index contributed by atoms with van der Waals surface area (Å²) in [5.41, 5.74) is 0.120. The van der Waals surface area contributed by atoms with E-state index in [2.05, 4.69) is 15.3 Å². The maximum Gasteiger partial charge on any atom is 0.287 e. The quantitative estimate of drug-likeness (QED) is 0.641. The Kier molecular flexibility index (Phi) is 4.96. The molecular weight excluding hydrogens is 360 g/mol. The molecule has 0 unspecified atom stereocenters. The van der Waals surface area contributed by atoms with E-state index in [-0.39, 0.29) is 10.6 Å². The van der Waals surface area contributed by atoms with Gasteiger partial charge in [-0.3, -0.25) is 4.79 Å². The van der Waals surface area contributed by atoms with Crippen molar-refractivity contribution in [2.45, 2.75) is 37.0 Å². The molecule has 0 fully saturated rings. The lowest BCUT2D eigenvalue weighted by Crippen LogP contribution is -2.36. The van der Waals surface area contributed by atoms with Crippen LogP contribution >= 0.6 is 23.4 Å². The Balaban J connectivity index is 1.76. The highest BCUT2D eigenvalue weighted by atomic mass is 35.5. The molecule has 0 spiro atoms. The van der Waals surface area contributed by atoms with Crippen molar-refractivity contribution in [3.63, 3.8) is 0 Å². The predicted molar refractivity (Wildman–Crippen MR) is 97.8 cm³/mol. The summed E-state index contributed by atoms with van der Waals surface area (Å²) in [6, 6.07) is 9.54. The lowest BCUT2D eigenvalue weighted by atomic mass is 10.1. The van der Waals surface area contributed by atoms with E-state index in [1.165, 1.54) is 16.4 Å². The van der Waals surface area contributed by atoms with Gasteiger partial charge in [-0.15, -0.1) is 22.0 Å². The van der Waals surface area contributed by atoms with Gasteiger partial charge in [0.05, 0.1) is 22.4 Å². The smallest absolute Gasteiger partial charge is 0.287 e. The Labute approximate surface area is 154 Å². The standard InChI is InChI=1S/C17H17ClN4O2S/c1-17(2,3)22-16(23)14(18)12(9-19-22)25-10-13-20-21-15(24-13)11-7-5-4-6-8-11/h4-9H,10H2,1-3H3. The zero-order valence-corrected chi connectivity index (χ0v) is 15.6. The van der Waals surface area contributed by atoms with Crippen molar-refractivity contribution in [3.05, 3.63) is 57.8 Å². The summed E-state index contributed by atoms with van der Waals surface area (Å²) in [5, 5.41) is 12.4. The minimum atomic E-state index is -0.430. The van der Waals surface area contributed by atoms with Crippen LogP contribution in [0.4, 0.5) is 0 Å². The zero-order chi connectivity index (χ0) is 18.0. The highest BCUT2D eigenvalue weighted by molar-refractivity contribution is 7.98. The van der Waals surface area contributed by atoms with Crippen molar-refractivity contribution in [2.24, 2.45) is 0 Å². The topological polar surface area (TPSA) is 73.8 Å². The SMILES string of the molecule is CC(C)(C)n1ncc(SCc2nnc(-c3ccccc3)o2)c(Cl)c1=O. The monoisotopic (exact) mass is 376 g/mol. The van der Waals surface area contributed by atoms with E-state index < -0.39 is 5.54 Å². The van der Waals surface area contributed by atoms with E-state index in [9.17, 15) is 4.79 Å². The molecule has 6 nitrogen and oxygen atoms in total. The normalized spacial score (nSPS) is 11.7. The van der Waals surface area contributed by atoms with Crippen molar-refractivity contribution in [3.8, 4) is 11.5 Å². The lowest BCUT2D eigenvalue weighted by Gasteiger charge is -2.20. The van der Waals surface area contributed by atoms with Crippen LogP contribution in [0.25, 0.3) is 11.5 Å². The van der Waals surface area contributed by atoms with Gasteiger partial charge in [-0.05, 0) is 32.9 Å². The fourth-order valence-electron chi connectivity index (χ4n) is 2.14. The number of hydrogen-bond donors (Lipinski definition) is 0. The Morgan fingerprint density at radius 2 is 1.92 bits per heavy atom. The van der Waals surface area contributed by atoms with E-state index in [1.807, 2.05) is 51.1 Å². The maximum absolute atomic E-state index is 12.3. The first-order valence-electron chi connectivity index (χ1n) is 7.65. The average molecular weight is 377 g/mol. The van der Waals surface area contributed by atoms with Gasteiger partial charge in [0.2, 0.25) is 11.8 Å². The first kappa shape index (κ1) is 17.7. The summed E-state index contributed by atoms with van der Waals surface area (Å²) < 4.78 is 7.02. The van der Waals surface area contributed by atoms with Crippen molar-refractivity contribution in [2.75, 3.05) is 0 Å². The van der Waals surface area contributed by atoms with Crippen LogP contribution in [-0.4, -0.2) is 20.0 Å². The van der Waals surface area contributed by atoms with Crippen molar-refractivity contribution in [1.29, 1.82) is 0 Å². The molecule has 1 aromatic carbocycles. The van der Waals surface area contributed by atoms with Crippen molar-refractivity contribution < 1.29 is 4.42 Å². The Morgan fingerprint density at radius 3 is 2.60 bits per heavy atom. The number of hydrogen-bond acceptors (Lipinski definition) is 6. The van der Waals surface area contributed by atoms with Crippen molar-refractivity contribution in [1.82, 2.24) is 20.0 Å². The number of aromatic nitrogens is 4. The maximum atomic E-state index is 12.3. The van der Waals surface area contributed by atoms with Gasteiger partial charge in [0, 0.05) is 5.56 Å². The fraction of sp³-hybridized carbons (Fsp3) is 0.294. The molecular formula is C17H17ClN4O2S. The molecule has 130 valence electrons. The fourth-order valence-corrected chi connectivity index (χ4v) is 3.17. The second-order valence-electron chi connectivity index (χ2n) is 6.37. The third kappa shape index (κ3) is 3.93. The summed E-state index contributed by atoms with van der Waals surface area (Å²) in [5.74, 6) is 1.32. The molecule has 3 rings (SSSR count). The highest BCUT2D eigenvalue weighted by Gasteiger charge is 2.20. The second kappa shape index (κ2) is 7.01. The molecule has 0 radical (unpaired) electrons. The van der Waals surface area contributed by atoms with Crippen LogP contribution in [0.3, 0.4) is 0 Å². The van der Waals surface area contributed by atoms with Crippen LogP contribution in [0.5, 0.6) is 0 Å². The Morgan fingerprint density at radius 1 is 1.20 bits per heavy atom. The number of benzene rings is 1. The minimum Gasteiger partial charge on any atom is -0.420 e. The lowest BCUT2D eigenvalue weighted by molar-refractivity contribution is 0.336. The molecule has 25 heavy (non-hydrogen) atoms. The molecule has 0 amide bonds. The summed E-state index contributed by atoms with van der Waals surface area (Å²) in [6.07, 6.45) is 1.59. The molecule has 3 aromatic rings. The predicted octanol–water partition coefficient (Wildman–Crippen LogP) is 3.99. The molecule has 0 aliphatic rings. The number of thioether (sulfide) groups is 1. The van der Waals surface area contributed by atoms with Gasteiger partial charge in [-0.1, -0.05) is 29.8 Å². The van der Waals surface area contributed by atoms with Crippen molar-refractivity contribution >= 4 is 23.4 Å². The van der Waals surface area contributed by atoms with Gasteiger partial charge >= 0.3 is 0 Å². The van der Waals surface area contributed by atoms with Gasteiger partial charge in [0.25, 0.3) is 5.56 Å². The molecule has 0 N–H and O–H groups in total. The third-order valence-electron chi connectivity index (χ3n) is 3.36. The minimum absolute atomic E-state index is 0.151. The molecule has 8 heteroatoms. The third-order valence-corrected chi connectivity index (χ3v) is 4.85. The van der Waals surface area contributed by atoms with E-state index in [0.717, 1.165) is 5.56 Å².